The normalized spacial score (nSPS) is 11.0. The lowest BCUT2D eigenvalue weighted by atomic mass is 10.1. The van der Waals surface area contributed by atoms with E-state index in [-0.39, 0.29) is 5.92 Å². The monoisotopic (exact) mass is 298 g/mol. The Kier molecular flexibility index (Phi) is 3.76. The van der Waals surface area contributed by atoms with Crippen LogP contribution in [-0.2, 0) is 0 Å². The topological polar surface area (TPSA) is 35.0 Å². The number of halogens is 1. The molecule has 0 saturated heterocycles. The largest absolute Gasteiger partial charge is 0.438 e. The van der Waals surface area contributed by atoms with Gasteiger partial charge in [0, 0.05) is 17.4 Å². The van der Waals surface area contributed by atoms with E-state index in [2.05, 4.69) is 22.1 Å². The molecule has 0 amide bonds. The van der Waals surface area contributed by atoms with Crippen LogP contribution in [0.15, 0.2) is 48.5 Å². The average molecular weight is 299 g/mol. The van der Waals surface area contributed by atoms with Crippen LogP contribution >= 0.6 is 11.6 Å². The molecule has 0 radical (unpaired) electrons. The van der Waals surface area contributed by atoms with Gasteiger partial charge in [0.05, 0.1) is 0 Å². The number of benzene rings is 2. The lowest BCUT2D eigenvalue weighted by Crippen LogP contribution is -1.99. The molecule has 0 fully saturated rings. The summed E-state index contributed by atoms with van der Waals surface area (Å²) in [5.74, 6) is 2.10. The molecule has 0 aliphatic carbocycles. The molecule has 0 saturated carbocycles. The minimum Gasteiger partial charge on any atom is -0.438 e. The van der Waals surface area contributed by atoms with E-state index in [1.54, 1.807) is 6.07 Å². The molecule has 0 spiro atoms. The van der Waals surface area contributed by atoms with Crippen molar-refractivity contribution in [2.75, 3.05) is 0 Å². The molecular formula is C17H15ClN2O. The maximum atomic E-state index is 6.05. The molecule has 0 bridgehead atoms. The van der Waals surface area contributed by atoms with Crippen LogP contribution in [0.4, 0.5) is 0 Å². The number of nitrogens with zero attached hydrogens (tertiary/aromatic N) is 2. The molecule has 3 rings (SSSR count). The Labute approximate surface area is 128 Å². The molecule has 1 aromatic heterocycles. The highest BCUT2D eigenvalue weighted by Gasteiger charge is 2.10. The molecule has 0 aliphatic rings. The highest BCUT2D eigenvalue weighted by molar-refractivity contribution is 6.29. The van der Waals surface area contributed by atoms with Gasteiger partial charge >= 0.3 is 0 Å². The zero-order valence-corrected chi connectivity index (χ0v) is 12.6. The lowest BCUT2D eigenvalue weighted by molar-refractivity contribution is 0.462. The third-order valence-corrected chi connectivity index (χ3v) is 3.36. The Morgan fingerprint density at radius 1 is 1.00 bits per heavy atom. The van der Waals surface area contributed by atoms with Gasteiger partial charge in [-0.15, -0.1) is 0 Å². The first-order valence-corrected chi connectivity index (χ1v) is 7.21. The van der Waals surface area contributed by atoms with Crippen molar-refractivity contribution in [1.29, 1.82) is 0 Å². The summed E-state index contributed by atoms with van der Waals surface area (Å²) in [6.45, 7) is 4.04. The van der Waals surface area contributed by atoms with Crippen molar-refractivity contribution in [2.45, 2.75) is 19.8 Å². The first-order chi connectivity index (χ1) is 10.1. The van der Waals surface area contributed by atoms with Gasteiger partial charge in [-0.3, -0.25) is 0 Å². The van der Waals surface area contributed by atoms with Gasteiger partial charge in [-0.25, -0.2) is 4.98 Å². The fourth-order valence-electron chi connectivity index (χ4n) is 2.12. The standard InChI is InChI=1S/C17H15ClN2O/c1-11(2)17-19-15(18)10-16(20-17)21-14-9-5-7-12-6-3-4-8-13(12)14/h3-11H,1-2H3. The summed E-state index contributed by atoms with van der Waals surface area (Å²) in [7, 11) is 0. The molecule has 21 heavy (non-hydrogen) atoms. The van der Waals surface area contributed by atoms with Crippen molar-refractivity contribution in [2.24, 2.45) is 0 Å². The van der Waals surface area contributed by atoms with E-state index in [0.717, 1.165) is 16.5 Å². The van der Waals surface area contributed by atoms with Gasteiger partial charge in [0.2, 0.25) is 5.88 Å². The Balaban J connectivity index is 2.03. The van der Waals surface area contributed by atoms with Gasteiger partial charge in [0.25, 0.3) is 0 Å². The van der Waals surface area contributed by atoms with Crippen molar-refractivity contribution in [3.63, 3.8) is 0 Å². The molecular weight excluding hydrogens is 284 g/mol. The van der Waals surface area contributed by atoms with Crippen LogP contribution in [-0.4, -0.2) is 9.97 Å². The van der Waals surface area contributed by atoms with Crippen LogP contribution in [0.25, 0.3) is 10.8 Å². The fourth-order valence-corrected chi connectivity index (χ4v) is 2.30. The molecule has 0 N–H and O–H groups in total. The zero-order valence-electron chi connectivity index (χ0n) is 11.9. The van der Waals surface area contributed by atoms with Gasteiger partial charge < -0.3 is 4.74 Å². The SMILES string of the molecule is CC(C)c1nc(Cl)cc(Oc2cccc3ccccc23)n1. The van der Waals surface area contributed by atoms with Gasteiger partial charge in [-0.05, 0) is 11.5 Å². The van der Waals surface area contributed by atoms with E-state index in [4.69, 9.17) is 16.3 Å². The van der Waals surface area contributed by atoms with E-state index in [1.165, 1.54) is 0 Å². The molecule has 3 nitrogen and oxygen atoms in total. The first kappa shape index (κ1) is 13.8. The van der Waals surface area contributed by atoms with Crippen LogP contribution in [0.5, 0.6) is 11.6 Å². The summed E-state index contributed by atoms with van der Waals surface area (Å²) in [4.78, 5) is 8.63. The lowest BCUT2D eigenvalue weighted by Gasteiger charge is -2.10. The van der Waals surface area contributed by atoms with Gasteiger partial charge in [0.1, 0.15) is 16.7 Å². The second-order valence-electron chi connectivity index (χ2n) is 5.12. The molecule has 2 aromatic carbocycles. The summed E-state index contributed by atoms with van der Waals surface area (Å²) in [5.41, 5.74) is 0. The summed E-state index contributed by atoms with van der Waals surface area (Å²) in [6.07, 6.45) is 0. The Hall–Kier alpha value is -2.13. The number of rotatable bonds is 3. The predicted octanol–water partition coefficient (Wildman–Crippen LogP) is 5.20. The summed E-state index contributed by atoms with van der Waals surface area (Å²) in [5, 5.41) is 2.56. The van der Waals surface area contributed by atoms with Crippen molar-refractivity contribution in [1.82, 2.24) is 9.97 Å². The zero-order chi connectivity index (χ0) is 14.8. The van der Waals surface area contributed by atoms with E-state index >= 15 is 0 Å². The molecule has 3 aromatic rings. The van der Waals surface area contributed by atoms with E-state index in [0.29, 0.717) is 16.9 Å². The van der Waals surface area contributed by atoms with Crippen molar-refractivity contribution in [3.8, 4) is 11.6 Å². The van der Waals surface area contributed by atoms with Gasteiger partial charge in [-0.1, -0.05) is 61.8 Å². The van der Waals surface area contributed by atoms with Crippen LogP contribution in [0, 0.1) is 0 Å². The quantitative estimate of drug-likeness (QED) is 0.623. The van der Waals surface area contributed by atoms with E-state index in [9.17, 15) is 0 Å². The summed E-state index contributed by atoms with van der Waals surface area (Å²) in [6, 6.07) is 15.6. The molecule has 106 valence electrons. The Bertz CT molecular complexity index is 781. The average Bonchev–Trinajstić information content (AvgIpc) is 2.47. The van der Waals surface area contributed by atoms with Gasteiger partial charge in [-0.2, -0.15) is 4.98 Å². The van der Waals surface area contributed by atoms with Crippen molar-refractivity contribution < 1.29 is 4.74 Å². The molecule has 4 heteroatoms. The van der Waals surface area contributed by atoms with Crippen LogP contribution in [0.1, 0.15) is 25.6 Å². The molecule has 0 aliphatic heterocycles. The number of ether oxygens (including phenoxy) is 1. The maximum Gasteiger partial charge on any atom is 0.224 e. The van der Waals surface area contributed by atoms with Crippen LogP contribution in [0.3, 0.4) is 0 Å². The third-order valence-electron chi connectivity index (χ3n) is 3.17. The smallest absolute Gasteiger partial charge is 0.224 e. The number of hydrogen-bond donors (Lipinski definition) is 0. The second-order valence-corrected chi connectivity index (χ2v) is 5.51. The van der Waals surface area contributed by atoms with E-state index in [1.807, 2.05) is 44.2 Å². The number of hydrogen-bond acceptors (Lipinski definition) is 3. The fraction of sp³-hybridized carbons (Fsp3) is 0.176. The van der Waals surface area contributed by atoms with E-state index < -0.39 is 0 Å². The Morgan fingerprint density at radius 3 is 2.57 bits per heavy atom. The highest BCUT2D eigenvalue weighted by atomic mass is 35.5. The second kappa shape index (κ2) is 5.70. The highest BCUT2D eigenvalue weighted by Crippen LogP contribution is 2.30. The van der Waals surface area contributed by atoms with Crippen molar-refractivity contribution in [3.05, 3.63) is 59.5 Å². The maximum absolute atomic E-state index is 6.05. The third kappa shape index (κ3) is 2.98. The predicted molar refractivity (Wildman–Crippen MR) is 85.2 cm³/mol. The summed E-state index contributed by atoms with van der Waals surface area (Å²) < 4.78 is 5.93. The molecule has 1 heterocycles. The molecule has 0 unspecified atom stereocenters. The van der Waals surface area contributed by atoms with Crippen LogP contribution < -0.4 is 4.74 Å². The minimum atomic E-state index is 0.193. The van der Waals surface area contributed by atoms with Crippen molar-refractivity contribution >= 4 is 22.4 Å². The van der Waals surface area contributed by atoms with Gasteiger partial charge in [0.15, 0.2) is 0 Å². The first-order valence-electron chi connectivity index (χ1n) is 6.83. The molecule has 0 atom stereocenters. The Morgan fingerprint density at radius 2 is 1.76 bits per heavy atom. The summed E-state index contributed by atoms with van der Waals surface area (Å²) >= 11 is 6.05. The van der Waals surface area contributed by atoms with Crippen LogP contribution in [0.2, 0.25) is 5.15 Å². The number of fused-ring (bicyclic) bond motifs is 1. The number of aromatic nitrogens is 2. The minimum absolute atomic E-state index is 0.193.